The maximum absolute atomic E-state index is 11.4. The van der Waals surface area contributed by atoms with Crippen molar-refractivity contribution in [1.29, 1.82) is 0 Å². The van der Waals surface area contributed by atoms with Crippen LogP contribution in [0.15, 0.2) is 0 Å². The third-order valence-corrected chi connectivity index (χ3v) is 3.31. The normalized spacial score (nSPS) is 13.5. The van der Waals surface area contributed by atoms with E-state index < -0.39 is 31.3 Å². The monoisotopic (exact) mass is 366 g/mol. The molecule has 0 saturated carbocycles. The SMILES string of the molecule is O=S(=O)(OS(=O)(=O)C(F)(F)F)C(F)(F)F.[CaH2].[CaH2]. The maximum atomic E-state index is 11.4. The number of alkyl halides is 6. The van der Waals surface area contributed by atoms with Gasteiger partial charge in [0.1, 0.15) is 0 Å². The van der Waals surface area contributed by atoms with Crippen molar-refractivity contribution in [2.75, 3.05) is 0 Å². The van der Waals surface area contributed by atoms with Gasteiger partial charge in [-0.2, -0.15) is 43.2 Å². The van der Waals surface area contributed by atoms with Gasteiger partial charge in [0.2, 0.25) is 0 Å². The van der Waals surface area contributed by atoms with Crippen LogP contribution in [0.4, 0.5) is 26.3 Å². The van der Waals surface area contributed by atoms with Crippen LogP contribution in [0.1, 0.15) is 0 Å². The summed E-state index contributed by atoms with van der Waals surface area (Å²) in [6, 6.07) is 0. The van der Waals surface area contributed by atoms with Crippen molar-refractivity contribution in [1.82, 2.24) is 0 Å². The van der Waals surface area contributed by atoms with Gasteiger partial charge in [0, 0.05) is 0 Å². The van der Waals surface area contributed by atoms with Gasteiger partial charge in [-0.25, -0.2) is 0 Å². The third kappa shape index (κ3) is 6.79. The summed E-state index contributed by atoms with van der Waals surface area (Å²) in [5.41, 5.74) is -12.5. The molecule has 0 aliphatic heterocycles. The van der Waals surface area contributed by atoms with Crippen LogP contribution in [0, 0.1) is 0 Å². The molecule has 5 nitrogen and oxygen atoms in total. The zero-order valence-corrected chi connectivity index (χ0v) is 7.76. The predicted octanol–water partition coefficient (Wildman–Crippen LogP) is -1.13. The van der Waals surface area contributed by atoms with E-state index in [1.54, 1.807) is 0 Å². The summed E-state index contributed by atoms with van der Waals surface area (Å²) < 4.78 is 110. The Labute approximate surface area is 151 Å². The predicted molar refractivity (Wildman–Crippen MR) is 48.1 cm³/mol. The molecule has 0 aromatic rings. The van der Waals surface area contributed by atoms with Crippen molar-refractivity contribution in [2.24, 2.45) is 0 Å². The molecule has 15 heteroatoms. The van der Waals surface area contributed by atoms with Crippen LogP contribution in [0.3, 0.4) is 0 Å². The topological polar surface area (TPSA) is 77.5 Å². The Balaban J connectivity index is -0.000000980. The Morgan fingerprint density at radius 3 is 0.941 bits per heavy atom. The van der Waals surface area contributed by atoms with E-state index in [1.807, 2.05) is 3.63 Å². The van der Waals surface area contributed by atoms with E-state index in [2.05, 4.69) is 0 Å². The van der Waals surface area contributed by atoms with Crippen molar-refractivity contribution in [3.63, 3.8) is 0 Å². The standard InChI is InChI=1S/C2F6O5S2.2Ca.4H/c3-1(4,5)14(9,10)13-15(11,12)2(6,7)8;;;;;;. The fourth-order valence-electron chi connectivity index (χ4n) is 0.195. The fourth-order valence-corrected chi connectivity index (χ4v) is 1.76. The van der Waals surface area contributed by atoms with Crippen molar-refractivity contribution < 1.29 is 46.8 Å². The summed E-state index contributed by atoms with van der Waals surface area (Å²) in [6.07, 6.45) is 0. The minimum atomic E-state index is -6.85. The number of hydrogen-bond acceptors (Lipinski definition) is 5. The van der Waals surface area contributed by atoms with Gasteiger partial charge in [-0.1, -0.05) is 0 Å². The molecule has 0 saturated heterocycles. The first kappa shape index (κ1) is 24.0. The first-order valence-electron chi connectivity index (χ1n) is 2.54. The Bertz CT molecular complexity index is 390. The summed E-state index contributed by atoms with van der Waals surface area (Å²) in [6.45, 7) is 0. The molecule has 0 rings (SSSR count). The second kappa shape index (κ2) is 7.11. The van der Waals surface area contributed by atoms with E-state index in [9.17, 15) is 43.2 Å². The molecule has 0 aromatic carbocycles. The summed E-state index contributed by atoms with van der Waals surface area (Å²) >= 11 is 0. The Kier molecular flexibility index (Phi) is 10.0. The third-order valence-electron chi connectivity index (χ3n) is 0.746. The Morgan fingerprint density at radius 2 is 0.824 bits per heavy atom. The average Bonchev–Trinajstić information content (AvgIpc) is 1.77. The van der Waals surface area contributed by atoms with Gasteiger partial charge >= 0.3 is 107 Å². The van der Waals surface area contributed by atoms with Gasteiger partial charge in [-0.05, 0) is 0 Å². The summed E-state index contributed by atoms with van der Waals surface area (Å²) in [5.74, 6) is 0. The Morgan fingerprint density at radius 1 is 0.647 bits per heavy atom. The molecule has 0 unspecified atom stereocenters. The molecule has 0 bridgehead atoms. The van der Waals surface area contributed by atoms with Crippen molar-refractivity contribution in [2.45, 2.75) is 11.0 Å². The average molecular weight is 366 g/mol. The second-order valence-electron chi connectivity index (χ2n) is 1.87. The van der Waals surface area contributed by atoms with E-state index in [0.717, 1.165) is 0 Å². The molecule has 17 heavy (non-hydrogen) atoms. The molecule has 0 fully saturated rings. The zero-order chi connectivity index (χ0) is 12.7. The molecular weight excluding hydrogens is 362 g/mol. The van der Waals surface area contributed by atoms with Crippen LogP contribution in [-0.2, 0) is 23.9 Å². The molecule has 0 radical (unpaired) electrons. The second-order valence-corrected chi connectivity index (χ2v) is 5.15. The van der Waals surface area contributed by atoms with Gasteiger partial charge < -0.3 is 0 Å². The molecule has 0 amide bonds. The summed E-state index contributed by atoms with van der Waals surface area (Å²) in [5, 5.41) is 0. The first-order valence-corrected chi connectivity index (χ1v) is 5.36. The van der Waals surface area contributed by atoms with Gasteiger partial charge in [-0.3, -0.25) is 0 Å². The van der Waals surface area contributed by atoms with Gasteiger partial charge in [0.25, 0.3) is 0 Å². The summed E-state index contributed by atoms with van der Waals surface area (Å²) in [4.78, 5) is 0. The molecular formula is C2H4Ca2F6O5S2. The van der Waals surface area contributed by atoms with Crippen molar-refractivity contribution >= 4 is 95.7 Å². The van der Waals surface area contributed by atoms with Gasteiger partial charge in [-0.15, -0.1) is 3.63 Å². The molecule has 0 aromatic heterocycles. The summed E-state index contributed by atoms with van der Waals surface area (Å²) in [7, 11) is -13.7. The van der Waals surface area contributed by atoms with E-state index in [4.69, 9.17) is 0 Å². The van der Waals surface area contributed by atoms with E-state index >= 15 is 0 Å². The zero-order valence-electron chi connectivity index (χ0n) is 6.13. The number of rotatable bonds is 2. The molecule has 0 N–H and O–H groups in total. The van der Waals surface area contributed by atoms with E-state index in [0.29, 0.717) is 0 Å². The molecule has 0 aliphatic carbocycles. The molecule has 0 spiro atoms. The quantitative estimate of drug-likeness (QED) is 0.351. The van der Waals surface area contributed by atoms with Crippen molar-refractivity contribution in [3.05, 3.63) is 0 Å². The van der Waals surface area contributed by atoms with Crippen LogP contribution in [-0.4, -0.2) is 103 Å². The number of halogens is 6. The van der Waals surface area contributed by atoms with E-state index in [1.165, 1.54) is 0 Å². The van der Waals surface area contributed by atoms with Crippen LogP contribution in [0.5, 0.6) is 0 Å². The van der Waals surface area contributed by atoms with Gasteiger partial charge in [0.15, 0.2) is 0 Å². The van der Waals surface area contributed by atoms with Crippen LogP contribution >= 0.6 is 0 Å². The van der Waals surface area contributed by atoms with E-state index in [-0.39, 0.29) is 75.5 Å². The molecule has 0 aliphatic rings. The first-order chi connectivity index (χ1) is 6.21. The minimum absolute atomic E-state index is 0. The van der Waals surface area contributed by atoms with Crippen LogP contribution in [0.2, 0.25) is 0 Å². The fraction of sp³-hybridized carbons (Fsp3) is 1.00. The number of hydrogen-bond donors (Lipinski definition) is 0. The van der Waals surface area contributed by atoms with Gasteiger partial charge in [0.05, 0.1) is 0 Å². The molecule has 0 heterocycles. The van der Waals surface area contributed by atoms with Crippen LogP contribution in [0.25, 0.3) is 0 Å². The van der Waals surface area contributed by atoms with Crippen LogP contribution < -0.4 is 0 Å². The molecule has 100 valence electrons. The molecule has 0 atom stereocenters. The Hall–Kier alpha value is 1.96. The van der Waals surface area contributed by atoms with Crippen molar-refractivity contribution in [3.8, 4) is 0 Å².